The van der Waals surface area contributed by atoms with Crippen molar-refractivity contribution >= 4 is 28.3 Å². The second-order valence-corrected chi connectivity index (χ2v) is 6.68. The highest BCUT2D eigenvalue weighted by Gasteiger charge is 2.15. The maximum absolute atomic E-state index is 12.6. The van der Waals surface area contributed by atoms with E-state index in [0.29, 0.717) is 5.69 Å². The number of nitrogens with zero attached hydrogens (tertiary/aromatic N) is 2. The van der Waals surface area contributed by atoms with E-state index in [9.17, 15) is 19.5 Å². The van der Waals surface area contributed by atoms with Crippen molar-refractivity contribution in [2.24, 2.45) is 0 Å². The summed E-state index contributed by atoms with van der Waals surface area (Å²) in [4.78, 5) is 36.4. The highest BCUT2D eigenvalue weighted by molar-refractivity contribution is 6.05. The van der Waals surface area contributed by atoms with Crippen molar-refractivity contribution in [2.45, 2.75) is 6.54 Å². The Morgan fingerprint density at radius 3 is 2.27 bits per heavy atom. The molecule has 4 rings (SSSR count). The fourth-order valence-corrected chi connectivity index (χ4v) is 3.17. The van der Waals surface area contributed by atoms with Gasteiger partial charge in [-0.05, 0) is 29.0 Å². The molecule has 0 radical (unpaired) electrons. The Balaban J connectivity index is 1.62. The first-order valence-electron chi connectivity index (χ1n) is 9.21. The third-order valence-corrected chi connectivity index (χ3v) is 4.62. The number of fused-ring (bicyclic) bond motifs is 1. The Bertz CT molecular complexity index is 1310. The first-order valence-corrected chi connectivity index (χ1v) is 9.21. The first-order chi connectivity index (χ1) is 14.5. The van der Waals surface area contributed by atoms with Gasteiger partial charge in [-0.2, -0.15) is 5.10 Å². The summed E-state index contributed by atoms with van der Waals surface area (Å²) in [6.45, 7) is -0.342. The fourth-order valence-electron chi connectivity index (χ4n) is 3.17. The zero-order valence-electron chi connectivity index (χ0n) is 15.8. The molecule has 0 atom stereocenters. The van der Waals surface area contributed by atoms with Crippen LogP contribution in [0.2, 0.25) is 0 Å². The lowest BCUT2D eigenvalue weighted by Crippen LogP contribution is -2.29. The van der Waals surface area contributed by atoms with E-state index in [1.165, 1.54) is 12.1 Å². The Kier molecular flexibility index (Phi) is 5.09. The second-order valence-electron chi connectivity index (χ2n) is 6.68. The molecule has 1 amide bonds. The number of hydrogen-bond donors (Lipinski definition) is 2. The molecule has 148 valence electrons. The molecule has 0 unspecified atom stereocenters. The number of carbonyl (C=O) groups excluding carboxylic acids is 1. The lowest BCUT2D eigenvalue weighted by molar-refractivity contribution is -0.117. The van der Waals surface area contributed by atoms with Crippen molar-refractivity contribution in [3.63, 3.8) is 0 Å². The van der Waals surface area contributed by atoms with Gasteiger partial charge in [0.15, 0.2) is 0 Å². The van der Waals surface area contributed by atoms with Crippen molar-refractivity contribution in [3.05, 3.63) is 94.8 Å². The number of rotatable bonds is 5. The molecule has 1 aromatic heterocycles. The van der Waals surface area contributed by atoms with Gasteiger partial charge < -0.3 is 10.4 Å². The third kappa shape index (κ3) is 3.95. The highest BCUT2D eigenvalue weighted by Crippen LogP contribution is 2.24. The summed E-state index contributed by atoms with van der Waals surface area (Å²) < 4.78 is 1.05. The Labute approximate surface area is 171 Å². The van der Waals surface area contributed by atoms with Crippen LogP contribution in [0, 0.1) is 0 Å². The summed E-state index contributed by atoms with van der Waals surface area (Å²) in [6, 6.07) is 22.6. The van der Waals surface area contributed by atoms with Crippen LogP contribution in [0.4, 0.5) is 5.69 Å². The van der Waals surface area contributed by atoms with Gasteiger partial charge in [-0.3, -0.25) is 9.59 Å². The summed E-state index contributed by atoms with van der Waals surface area (Å²) in [5.41, 5.74) is 1.08. The number of benzene rings is 3. The maximum Gasteiger partial charge on any atom is 0.337 e. The van der Waals surface area contributed by atoms with Crippen LogP contribution in [-0.4, -0.2) is 26.8 Å². The van der Waals surface area contributed by atoms with Gasteiger partial charge in [0.1, 0.15) is 6.54 Å². The quantitative estimate of drug-likeness (QED) is 0.536. The van der Waals surface area contributed by atoms with E-state index in [4.69, 9.17) is 0 Å². The van der Waals surface area contributed by atoms with Gasteiger partial charge >= 0.3 is 5.97 Å². The molecule has 3 aromatic carbocycles. The molecule has 0 aliphatic heterocycles. The standard InChI is InChI=1S/C23H17N3O4/c27-21(14-26-22(28)11-10-19(25-26)15-6-2-1-3-7-15)24-20-13-17-9-5-4-8-16(17)12-18(20)23(29)30/h1-13H,14H2,(H,24,27)(H,29,30). The summed E-state index contributed by atoms with van der Waals surface area (Å²) in [7, 11) is 0. The first kappa shape index (κ1) is 19.1. The lowest BCUT2D eigenvalue weighted by atomic mass is 10.0. The van der Waals surface area contributed by atoms with Crippen LogP contribution >= 0.6 is 0 Å². The molecule has 0 aliphatic carbocycles. The monoisotopic (exact) mass is 399 g/mol. The number of carbonyl (C=O) groups is 2. The smallest absolute Gasteiger partial charge is 0.337 e. The number of carboxylic acid groups (broad SMARTS) is 1. The largest absolute Gasteiger partial charge is 0.478 e. The van der Waals surface area contributed by atoms with Gasteiger partial charge in [-0.1, -0.05) is 54.6 Å². The molecule has 0 bridgehead atoms. The normalized spacial score (nSPS) is 10.7. The minimum Gasteiger partial charge on any atom is -0.478 e. The van der Waals surface area contributed by atoms with Gasteiger partial charge in [0, 0.05) is 11.6 Å². The second kappa shape index (κ2) is 8.00. The zero-order valence-corrected chi connectivity index (χ0v) is 15.8. The van der Waals surface area contributed by atoms with Crippen LogP contribution in [-0.2, 0) is 11.3 Å². The highest BCUT2D eigenvalue weighted by atomic mass is 16.4. The van der Waals surface area contributed by atoms with Gasteiger partial charge in [-0.15, -0.1) is 0 Å². The van der Waals surface area contributed by atoms with E-state index in [-0.39, 0.29) is 17.8 Å². The predicted molar refractivity (Wildman–Crippen MR) is 113 cm³/mol. The van der Waals surface area contributed by atoms with Crippen molar-refractivity contribution in [3.8, 4) is 11.3 Å². The number of nitrogens with one attached hydrogen (secondary N) is 1. The zero-order chi connectivity index (χ0) is 21.1. The van der Waals surface area contributed by atoms with E-state index in [1.54, 1.807) is 18.2 Å². The molecular formula is C23H17N3O4. The Morgan fingerprint density at radius 2 is 1.57 bits per heavy atom. The predicted octanol–water partition coefficient (Wildman–Crippen LogP) is 3.40. The van der Waals surface area contributed by atoms with Gasteiger partial charge in [0.2, 0.25) is 5.91 Å². The van der Waals surface area contributed by atoms with Crippen LogP contribution < -0.4 is 10.9 Å². The van der Waals surface area contributed by atoms with Gasteiger partial charge in [0.05, 0.1) is 16.9 Å². The molecule has 30 heavy (non-hydrogen) atoms. The average Bonchev–Trinajstić information content (AvgIpc) is 2.75. The molecule has 0 saturated carbocycles. The molecule has 0 saturated heterocycles. The summed E-state index contributed by atoms with van der Waals surface area (Å²) in [6.07, 6.45) is 0. The summed E-state index contributed by atoms with van der Waals surface area (Å²) in [5, 5.41) is 17.9. The molecule has 1 heterocycles. The minimum absolute atomic E-state index is 0.0274. The van der Waals surface area contributed by atoms with Gasteiger partial charge in [0.25, 0.3) is 5.56 Å². The average molecular weight is 399 g/mol. The minimum atomic E-state index is -1.16. The lowest BCUT2D eigenvalue weighted by Gasteiger charge is -2.11. The number of aromatic nitrogens is 2. The number of anilines is 1. The fraction of sp³-hybridized carbons (Fsp3) is 0.0435. The number of carboxylic acids is 1. The molecule has 0 spiro atoms. The van der Waals surface area contributed by atoms with Crippen LogP contribution in [0.25, 0.3) is 22.0 Å². The number of amides is 1. The summed E-state index contributed by atoms with van der Waals surface area (Å²) >= 11 is 0. The molecule has 7 nitrogen and oxygen atoms in total. The number of aromatic carboxylic acids is 1. The van der Waals surface area contributed by atoms with E-state index in [2.05, 4.69) is 10.4 Å². The molecular weight excluding hydrogens is 382 g/mol. The van der Waals surface area contributed by atoms with Crippen LogP contribution in [0.3, 0.4) is 0 Å². The number of hydrogen-bond acceptors (Lipinski definition) is 4. The van der Waals surface area contributed by atoms with E-state index in [1.807, 2.05) is 48.5 Å². The third-order valence-electron chi connectivity index (χ3n) is 4.62. The molecule has 7 heteroatoms. The van der Waals surface area contributed by atoms with Crippen LogP contribution in [0.15, 0.2) is 83.7 Å². The molecule has 2 N–H and O–H groups in total. The molecule has 4 aromatic rings. The molecule has 0 fully saturated rings. The Hall–Kier alpha value is -4.26. The van der Waals surface area contributed by atoms with Crippen molar-refractivity contribution in [1.29, 1.82) is 0 Å². The molecule has 0 aliphatic rings. The van der Waals surface area contributed by atoms with Crippen molar-refractivity contribution in [2.75, 3.05) is 5.32 Å². The van der Waals surface area contributed by atoms with Crippen LogP contribution in [0.5, 0.6) is 0 Å². The Morgan fingerprint density at radius 1 is 0.900 bits per heavy atom. The van der Waals surface area contributed by atoms with Crippen molar-refractivity contribution in [1.82, 2.24) is 9.78 Å². The van der Waals surface area contributed by atoms with E-state index < -0.39 is 17.4 Å². The topological polar surface area (TPSA) is 101 Å². The van der Waals surface area contributed by atoms with Crippen LogP contribution in [0.1, 0.15) is 10.4 Å². The van der Waals surface area contributed by atoms with Crippen molar-refractivity contribution < 1.29 is 14.7 Å². The van der Waals surface area contributed by atoms with E-state index in [0.717, 1.165) is 21.0 Å². The summed E-state index contributed by atoms with van der Waals surface area (Å²) in [5.74, 6) is -1.70. The maximum atomic E-state index is 12.6. The SMILES string of the molecule is O=C(Cn1nc(-c2ccccc2)ccc1=O)Nc1cc2ccccc2cc1C(=O)O. The van der Waals surface area contributed by atoms with Gasteiger partial charge in [-0.25, -0.2) is 9.48 Å². The van der Waals surface area contributed by atoms with E-state index >= 15 is 0 Å².